The zero-order valence-electron chi connectivity index (χ0n) is 12.8. The maximum Gasteiger partial charge on any atom is -1.00 e. The largest absolute Gasteiger partial charge is 1.00 e. The molecule has 0 spiro atoms. The van der Waals surface area contributed by atoms with Crippen molar-refractivity contribution in [1.82, 2.24) is 4.57 Å². The maximum atomic E-state index is 2.46. The van der Waals surface area contributed by atoms with Gasteiger partial charge in [-0.15, -0.1) is 0 Å². The fraction of sp³-hybridized carbons (Fsp3) is 0.158. The van der Waals surface area contributed by atoms with Crippen molar-refractivity contribution in [3.63, 3.8) is 0 Å². The van der Waals surface area contributed by atoms with Crippen LogP contribution in [0.1, 0.15) is 30.5 Å². The fourth-order valence-electron chi connectivity index (χ4n) is 3.19. The van der Waals surface area contributed by atoms with Gasteiger partial charge in [-0.1, -0.05) is 0 Å². The van der Waals surface area contributed by atoms with E-state index in [0.717, 1.165) is 0 Å². The van der Waals surface area contributed by atoms with Crippen LogP contribution < -0.4 is 24.8 Å². The summed E-state index contributed by atoms with van der Waals surface area (Å²) in [6.07, 6.45) is 12.7. The van der Waals surface area contributed by atoms with Gasteiger partial charge in [-0.05, 0) is 0 Å². The molecule has 2 aromatic rings. The van der Waals surface area contributed by atoms with Crippen molar-refractivity contribution >= 4 is 6.08 Å². The van der Waals surface area contributed by atoms with Gasteiger partial charge < -0.3 is 24.8 Å². The van der Waals surface area contributed by atoms with E-state index in [4.69, 9.17) is 0 Å². The van der Waals surface area contributed by atoms with Crippen LogP contribution in [0.5, 0.6) is 0 Å². The third kappa shape index (κ3) is 3.50. The van der Waals surface area contributed by atoms with E-state index >= 15 is 0 Å². The molecule has 1 aromatic heterocycles. The predicted molar refractivity (Wildman–Crippen MR) is 83.4 cm³/mol. The molecule has 4 heteroatoms. The van der Waals surface area contributed by atoms with Gasteiger partial charge in [0.1, 0.15) is 0 Å². The number of fused-ring (bicyclic) bond motifs is 1. The molecule has 0 N–H and O–H groups in total. The van der Waals surface area contributed by atoms with E-state index in [-0.39, 0.29) is 24.8 Å². The van der Waals surface area contributed by atoms with E-state index in [2.05, 4.69) is 78.5 Å². The van der Waals surface area contributed by atoms with Crippen molar-refractivity contribution in [2.75, 3.05) is 0 Å². The average Bonchev–Trinajstić information content (AvgIpc) is 3.19. The number of nitrogens with zero attached hydrogens (tertiary/aromatic N) is 1. The van der Waals surface area contributed by atoms with Crippen molar-refractivity contribution in [2.45, 2.75) is 19.4 Å². The van der Waals surface area contributed by atoms with Crippen LogP contribution in [-0.2, 0) is 23.2 Å². The van der Waals surface area contributed by atoms with Gasteiger partial charge in [0.25, 0.3) is 0 Å². The molecule has 2 aliphatic carbocycles. The van der Waals surface area contributed by atoms with Crippen LogP contribution in [0, 0.1) is 0 Å². The Labute approximate surface area is 161 Å². The Kier molecular flexibility index (Phi) is 6.31. The molecule has 1 heterocycles. The summed E-state index contributed by atoms with van der Waals surface area (Å²) < 4.78 is 5.78. The molecule has 1 atom stereocenters. The van der Waals surface area contributed by atoms with Crippen LogP contribution in [0.25, 0.3) is 6.08 Å². The summed E-state index contributed by atoms with van der Waals surface area (Å²) in [5.41, 5.74) is 4.40. The maximum absolute atomic E-state index is 2.46. The van der Waals surface area contributed by atoms with Gasteiger partial charge in [0.15, 0.2) is 0 Å². The standard InChI is InChI=1S/C13H10N.C6H7.2ClH.Zr/c1-2-6-12-11(5-1)7-8-13(12)14-9-3-4-10-14;1-6-4-2-3-5-6;;;/h1-7,9-10,13H;2,4H,3H2,1H3;2*1H;/q;;;;+2/p-2. The summed E-state index contributed by atoms with van der Waals surface area (Å²) in [5, 5.41) is 0. The Balaban J connectivity index is 0.000000960. The summed E-state index contributed by atoms with van der Waals surface area (Å²) in [7, 11) is 0. The van der Waals surface area contributed by atoms with Crippen molar-refractivity contribution in [2.24, 2.45) is 0 Å². The van der Waals surface area contributed by atoms with Crippen LogP contribution in [0.15, 0.2) is 73.1 Å². The van der Waals surface area contributed by atoms with Gasteiger partial charge in [-0.25, -0.2) is 0 Å². The minimum absolute atomic E-state index is 0. The van der Waals surface area contributed by atoms with Crippen LogP contribution >= 0.6 is 0 Å². The van der Waals surface area contributed by atoms with Gasteiger partial charge in [-0.3, -0.25) is 0 Å². The molecule has 1 nitrogen and oxygen atoms in total. The first-order chi connectivity index (χ1) is 10.3. The molecule has 23 heavy (non-hydrogen) atoms. The Hall–Kier alpha value is -0.817. The molecule has 0 radical (unpaired) electrons. The third-order valence-corrected chi connectivity index (χ3v) is 8.23. The summed E-state index contributed by atoms with van der Waals surface area (Å²) in [6, 6.07) is 13.6. The van der Waals surface area contributed by atoms with Gasteiger partial charge in [0, 0.05) is 0 Å². The van der Waals surface area contributed by atoms with Crippen molar-refractivity contribution in [3.8, 4) is 0 Å². The summed E-state index contributed by atoms with van der Waals surface area (Å²) >= 11 is -0.682. The van der Waals surface area contributed by atoms with Crippen LogP contribution in [0.4, 0.5) is 0 Å². The zero-order valence-corrected chi connectivity index (χ0v) is 16.8. The monoisotopic (exact) mass is 419 g/mol. The Morgan fingerprint density at radius 1 is 1.04 bits per heavy atom. The van der Waals surface area contributed by atoms with Crippen LogP contribution in [0.2, 0.25) is 0 Å². The zero-order chi connectivity index (χ0) is 14.2. The van der Waals surface area contributed by atoms with E-state index < -0.39 is 23.2 Å². The van der Waals surface area contributed by atoms with E-state index in [1.807, 2.05) is 0 Å². The molecule has 4 rings (SSSR count). The van der Waals surface area contributed by atoms with Gasteiger partial charge >= 0.3 is 137 Å². The summed E-state index contributed by atoms with van der Waals surface area (Å²) in [5.74, 6) is 0. The number of halogens is 2. The molecule has 1 aromatic carbocycles. The molecule has 0 saturated carbocycles. The van der Waals surface area contributed by atoms with E-state index in [1.54, 1.807) is 6.56 Å². The Morgan fingerprint density at radius 3 is 2.48 bits per heavy atom. The molecule has 1 unspecified atom stereocenters. The molecule has 0 saturated heterocycles. The second kappa shape index (κ2) is 7.84. The quantitative estimate of drug-likeness (QED) is 0.584. The molecular weight excluding hydrogens is 404 g/mol. The molecule has 2 aliphatic rings. The first-order valence-electron chi connectivity index (χ1n) is 7.39. The minimum atomic E-state index is -0.682. The van der Waals surface area contributed by atoms with Crippen LogP contribution in [0.3, 0.4) is 0 Å². The van der Waals surface area contributed by atoms with Gasteiger partial charge in [-0.2, -0.15) is 0 Å². The van der Waals surface area contributed by atoms with Crippen molar-refractivity contribution in [3.05, 3.63) is 84.2 Å². The third-order valence-electron chi connectivity index (χ3n) is 4.28. The van der Waals surface area contributed by atoms with Crippen molar-refractivity contribution in [1.29, 1.82) is 0 Å². The summed E-state index contributed by atoms with van der Waals surface area (Å²) in [4.78, 5) is 0. The first-order valence-corrected chi connectivity index (χ1v) is 9.85. The number of aromatic nitrogens is 1. The second-order valence-electron chi connectivity index (χ2n) is 5.65. The van der Waals surface area contributed by atoms with Crippen LogP contribution in [-0.4, -0.2) is 4.57 Å². The van der Waals surface area contributed by atoms with Gasteiger partial charge in [0.05, 0.1) is 0 Å². The smallest absolute Gasteiger partial charge is 1.00 e. The molecule has 0 aliphatic heterocycles. The minimum Gasteiger partial charge on any atom is -1.00 e. The Bertz CT molecular complexity index is 772. The number of allylic oxidation sites excluding steroid dienone is 5. The topological polar surface area (TPSA) is 4.93 Å². The number of hydrogen-bond donors (Lipinski definition) is 0. The SMILES string of the molecule is CC1=[C]([Zr+2][C]2=Cc3ccccc3C2n2cccc2)CC=C1.[Cl-].[Cl-]. The predicted octanol–water partition coefficient (Wildman–Crippen LogP) is -1.24. The van der Waals surface area contributed by atoms with Gasteiger partial charge in [0.2, 0.25) is 0 Å². The molecule has 0 fully saturated rings. The molecule has 0 amide bonds. The number of hydrogen-bond acceptors (Lipinski definition) is 0. The molecule has 0 bridgehead atoms. The first kappa shape index (κ1) is 18.5. The molecular formula is C19H17Cl2NZr. The second-order valence-corrected chi connectivity index (χ2v) is 9.17. The van der Waals surface area contributed by atoms with E-state index in [1.165, 1.54) is 23.1 Å². The van der Waals surface area contributed by atoms with E-state index in [9.17, 15) is 0 Å². The Morgan fingerprint density at radius 2 is 1.78 bits per heavy atom. The normalized spacial score (nSPS) is 18.0. The summed E-state index contributed by atoms with van der Waals surface area (Å²) in [6.45, 7) is 2.27. The number of benzene rings is 1. The average molecular weight is 421 g/mol. The molecule has 116 valence electrons. The number of rotatable bonds is 3. The fourth-order valence-corrected chi connectivity index (χ4v) is 6.92. The van der Waals surface area contributed by atoms with E-state index in [0.29, 0.717) is 6.04 Å². The van der Waals surface area contributed by atoms with Crippen molar-refractivity contribution < 1.29 is 48.0 Å².